The van der Waals surface area contributed by atoms with E-state index in [1.165, 1.54) is 18.3 Å². The Hall–Kier alpha value is -2.77. The summed E-state index contributed by atoms with van der Waals surface area (Å²) in [4.78, 5) is 25.2. The predicted molar refractivity (Wildman–Crippen MR) is 122 cm³/mol. The molecule has 0 aliphatic rings. The summed E-state index contributed by atoms with van der Waals surface area (Å²) in [6, 6.07) is 9.00. The lowest BCUT2D eigenvalue weighted by Gasteiger charge is -2.20. The van der Waals surface area contributed by atoms with Crippen molar-refractivity contribution >= 4 is 41.2 Å². The van der Waals surface area contributed by atoms with E-state index in [9.17, 15) is 9.59 Å². The van der Waals surface area contributed by atoms with Gasteiger partial charge in [-0.3, -0.25) is 9.59 Å². The number of hydrogen-bond donors (Lipinski definition) is 2. The summed E-state index contributed by atoms with van der Waals surface area (Å²) in [6.07, 6.45) is 1.48. The quantitative estimate of drug-likeness (QED) is 0.426. The van der Waals surface area contributed by atoms with Crippen LogP contribution in [-0.2, 0) is 4.79 Å². The van der Waals surface area contributed by atoms with Gasteiger partial charge in [0.25, 0.3) is 11.8 Å². The largest absolute Gasteiger partial charge is 0.493 e. The summed E-state index contributed by atoms with van der Waals surface area (Å²) in [6.45, 7) is 5.99. The van der Waals surface area contributed by atoms with E-state index in [-0.39, 0.29) is 16.5 Å². The van der Waals surface area contributed by atoms with E-state index in [0.717, 1.165) is 0 Å². The normalized spacial score (nSPS) is 12.0. The molecule has 31 heavy (non-hydrogen) atoms. The second-order valence-electron chi connectivity index (χ2n) is 6.90. The van der Waals surface area contributed by atoms with Crippen molar-refractivity contribution in [2.75, 3.05) is 13.7 Å². The van der Waals surface area contributed by atoms with Crippen LogP contribution in [0.4, 0.5) is 0 Å². The van der Waals surface area contributed by atoms with Gasteiger partial charge >= 0.3 is 0 Å². The first-order chi connectivity index (χ1) is 14.8. The fraction of sp³-hybridized carbons (Fsp3) is 0.318. The summed E-state index contributed by atoms with van der Waals surface area (Å²) in [5.74, 6) is 0.0638. The highest BCUT2D eigenvalue weighted by atomic mass is 35.5. The smallest absolute Gasteiger partial charge is 0.262 e. The van der Waals surface area contributed by atoms with E-state index in [0.29, 0.717) is 28.7 Å². The number of halogens is 2. The van der Waals surface area contributed by atoms with Gasteiger partial charge in [0.2, 0.25) is 0 Å². The highest BCUT2D eigenvalue weighted by molar-refractivity contribution is 6.36. The third-order valence-electron chi connectivity index (χ3n) is 4.29. The van der Waals surface area contributed by atoms with Gasteiger partial charge in [-0.1, -0.05) is 37.0 Å². The van der Waals surface area contributed by atoms with E-state index >= 15 is 0 Å². The Balaban J connectivity index is 2.07. The van der Waals surface area contributed by atoms with E-state index in [1.807, 2.05) is 20.8 Å². The van der Waals surface area contributed by atoms with Crippen molar-refractivity contribution in [1.82, 2.24) is 10.7 Å². The number of methoxy groups -OCH3 is 1. The lowest BCUT2D eigenvalue weighted by Crippen LogP contribution is -2.48. The van der Waals surface area contributed by atoms with Crippen LogP contribution in [0.1, 0.15) is 36.7 Å². The van der Waals surface area contributed by atoms with Crippen LogP contribution >= 0.6 is 23.2 Å². The first-order valence-corrected chi connectivity index (χ1v) is 10.4. The molecule has 2 amide bonds. The molecule has 0 spiro atoms. The van der Waals surface area contributed by atoms with Crippen LogP contribution in [0.25, 0.3) is 0 Å². The van der Waals surface area contributed by atoms with Crippen LogP contribution in [0.5, 0.6) is 11.5 Å². The van der Waals surface area contributed by atoms with Crippen LogP contribution in [-0.4, -0.2) is 37.8 Å². The van der Waals surface area contributed by atoms with Gasteiger partial charge in [-0.25, -0.2) is 5.43 Å². The van der Waals surface area contributed by atoms with Crippen molar-refractivity contribution in [3.8, 4) is 11.5 Å². The van der Waals surface area contributed by atoms with E-state index < -0.39 is 17.9 Å². The van der Waals surface area contributed by atoms with Gasteiger partial charge in [0, 0.05) is 5.02 Å². The van der Waals surface area contributed by atoms with Crippen molar-refractivity contribution in [2.45, 2.75) is 26.8 Å². The van der Waals surface area contributed by atoms with Crippen LogP contribution in [0.3, 0.4) is 0 Å². The van der Waals surface area contributed by atoms with Gasteiger partial charge in [0.1, 0.15) is 6.04 Å². The molecule has 7 nitrogen and oxygen atoms in total. The first kappa shape index (κ1) is 24.5. The van der Waals surface area contributed by atoms with Crippen LogP contribution in [0, 0.1) is 5.92 Å². The van der Waals surface area contributed by atoms with Gasteiger partial charge < -0.3 is 14.8 Å². The number of hydrazone groups is 1. The van der Waals surface area contributed by atoms with E-state index in [2.05, 4.69) is 15.8 Å². The van der Waals surface area contributed by atoms with Crippen molar-refractivity contribution in [3.05, 3.63) is 57.6 Å². The molecule has 0 bridgehead atoms. The van der Waals surface area contributed by atoms with Crippen molar-refractivity contribution in [1.29, 1.82) is 0 Å². The Kier molecular flexibility index (Phi) is 9.15. The van der Waals surface area contributed by atoms with E-state index in [1.54, 1.807) is 31.4 Å². The monoisotopic (exact) mass is 465 g/mol. The molecule has 0 radical (unpaired) electrons. The van der Waals surface area contributed by atoms with Gasteiger partial charge in [0.05, 0.1) is 30.5 Å². The Morgan fingerprint density at radius 2 is 1.87 bits per heavy atom. The molecule has 166 valence electrons. The molecule has 2 aromatic rings. The van der Waals surface area contributed by atoms with Gasteiger partial charge in [-0.05, 0) is 54.8 Å². The molecule has 2 aromatic carbocycles. The summed E-state index contributed by atoms with van der Waals surface area (Å²) in [5, 5.41) is 7.31. The number of hydrogen-bond acceptors (Lipinski definition) is 5. The molecule has 0 fully saturated rings. The number of nitrogens with one attached hydrogen (secondary N) is 2. The molecule has 0 aliphatic carbocycles. The summed E-state index contributed by atoms with van der Waals surface area (Å²) in [7, 11) is 1.56. The molecule has 0 heterocycles. The van der Waals surface area contributed by atoms with Crippen molar-refractivity contribution in [2.24, 2.45) is 11.0 Å². The Morgan fingerprint density at radius 3 is 2.48 bits per heavy atom. The highest BCUT2D eigenvalue weighted by Gasteiger charge is 2.25. The zero-order valence-corrected chi connectivity index (χ0v) is 19.3. The van der Waals surface area contributed by atoms with E-state index in [4.69, 9.17) is 32.7 Å². The average Bonchev–Trinajstić information content (AvgIpc) is 2.72. The summed E-state index contributed by atoms with van der Waals surface area (Å²) < 4.78 is 10.8. The molecule has 1 unspecified atom stereocenters. The number of amides is 2. The third-order valence-corrected chi connectivity index (χ3v) is 4.84. The lowest BCUT2D eigenvalue weighted by molar-refractivity contribution is -0.123. The van der Waals surface area contributed by atoms with Gasteiger partial charge in [-0.15, -0.1) is 0 Å². The van der Waals surface area contributed by atoms with Crippen LogP contribution < -0.4 is 20.2 Å². The molecule has 0 aliphatic heterocycles. The van der Waals surface area contributed by atoms with Crippen molar-refractivity contribution < 1.29 is 19.1 Å². The maximum atomic E-state index is 12.6. The lowest BCUT2D eigenvalue weighted by atomic mass is 10.0. The molecular formula is C22H25Cl2N3O4. The molecule has 2 N–H and O–H groups in total. The Labute approximate surface area is 191 Å². The second kappa shape index (κ2) is 11.6. The van der Waals surface area contributed by atoms with Gasteiger partial charge in [0.15, 0.2) is 11.5 Å². The van der Waals surface area contributed by atoms with Gasteiger partial charge in [-0.2, -0.15) is 5.10 Å². The molecule has 0 saturated carbocycles. The third kappa shape index (κ3) is 6.87. The standard InChI is InChI=1S/C22H25Cl2N3O4/c1-5-31-19-10-14(6-9-18(19)30-4)12-25-27-22(29)20(13(2)3)26-21(28)16-8-7-15(23)11-17(16)24/h6-13,20H,5H2,1-4H3,(H,26,28)(H,27,29)/b25-12+. The summed E-state index contributed by atoms with van der Waals surface area (Å²) >= 11 is 12.0. The molecule has 0 aromatic heterocycles. The molecule has 1 atom stereocenters. The number of carbonyl (C=O) groups is 2. The molecule has 9 heteroatoms. The zero-order valence-electron chi connectivity index (χ0n) is 17.7. The van der Waals surface area contributed by atoms with Crippen LogP contribution in [0.15, 0.2) is 41.5 Å². The van der Waals surface area contributed by atoms with Crippen LogP contribution in [0.2, 0.25) is 10.0 Å². The minimum atomic E-state index is -0.814. The van der Waals surface area contributed by atoms with Crippen molar-refractivity contribution in [3.63, 3.8) is 0 Å². The Bertz CT molecular complexity index is 964. The summed E-state index contributed by atoms with van der Waals surface area (Å²) in [5.41, 5.74) is 3.40. The first-order valence-electron chi connectivity index (χ1n) is 9.66. The fourth-order valence-electron chi connectivity index (χ4n) is 2.71. The number of carbonyl (C=O) groups excluding carboxylic acids is 2. The number of rotatable bonds is 9. The number of nitrogens with zero attached hydrogens (tertiary/aromatic N) is 1. The Morgan fingerprint density at radius 1 is 1.13 bits per heavy atom. The molecule has 2 rings (SSSR count). The zero-order chi connectivity index (χ0) is 23.0. The minimum absolute atomic E-state index is 0.184. The second-order valence-corrected chi connectivity index (χ2v) is 7.74. The number of ether oxygens (including phenoxy) is 2. The predicted octanol–water partition coefficient (Wildman–Crippen LogP) is 4.31. The fourth-order valence-corrected chi connectivity index (χ4v) is 3.20. The molecule has 0 saturated heterocycles. The SMILES string of the molecule is CCOc1cc(/C=N/NC(=O)C(NC(=O)c2ccc(Cl)cc2Cl)C(C)C)ccc1OC. The molecular weight excluding hydrogens is 441 g/mol. The maximum absolute atomic E-state index is 12.6. The minimum Gasteiger partial charge on any atom is -0.493 e. The maximum Gasteiger partial charge on any atom is 0.262 e. The average molecular weight is 466 g/mol. The number of benzene rings is 2. The highest BCUT2D eigenvalue weighted by Crippen LogP contribution is 2.27. The topological polar surface area (TPSA) is 89.0 Å².